The van der Waals surface area contributed by atoms with Gasteiger partial charge in [-0.3, -0.25) is 9.78 Å². The first-order chi connectivity index (χ1) is 14.1. The lowest BCUT2D eigenvalue weighted by atomic mass is 10.1. The van der Waals surface area contributed by atoms with E-state index in [0.717, 1.165) is 74.4 Å². The Morgan fingerprint density at radius 3 is 2.79 bits per heavy atom. The van der Waals surface area contributed by atoms with Gasteiger partial charge in [-0.25, -0.2) is 9.97 Å². The predicted octanol–water partition coefficient (Wildman–Crippen LogP) is 4.77. The average Bonchev–Trinajstić information content (AvgIpc) is 2.71. The summed E-state index contributed by atoms with van der Waals surface area (Å²) in [5, 5.41) is 0.427. The van der Waals surface area contributed by atoms with E-state index in [1.807, 2.05) is 26.0 Å². The SMILES string of the molecule is CCOC(=O)CCCCCCN1CCCc2nc(-c3ccc(C)nc3)c(Cl)nc21. The summed E-state index contributed by atoms with van der Waals surface area (Å²) < 4.78 is 4.96. The zero-order valence-electron chi connectivity index (χ0n) is 17.3. The van der Waals surface area contributed by atoms with E-state index >= 15 is 0 Å². The van der Waals surface area contributed by atoms with Gasteiger partial charge in [0.15, 0.2) is 11.0 Å². The summed E-state index contributed by atoms with van der Waals surface area (Å²) >= 11 is 6.49. The van der Waals surface area contributed by atoms with Crippen LogP contribution in [-0.4, -0.2) is 40.6 Å². The highest BCUT2D eigenvalue weighted by atomic mass is 35.5. The number of carbonyl (C=O) groups excluding carboxylic acids is 1. The fourth-order valence-electron chi connectivity index (χ4n) is 3.57. The van der Waals surface area contributed by atoms with E-state index in [4.69, 9.17) is 26.3 Å². The molecule has 0 fully saturated rings. The van der Waals surface area contributed by atoms with Crippen molar-refractivity contribution in [3.05, 3.63) is 34.9 Å². The number of hydrogen-bond donors (Lipinski definition) is 0. The van der Waals surface area contributed by atoms with Crippen molar-refractivity contribution in [3.63, 3.8) is 0 Å². The maximum absolute atomic E-state index is 11.4. The monoisotopic (exact) mass is 416 g/mol. The number of anilines is 1. The Labute approximate surface area is 177 Å². The van der Waals surface area contributed by atoms with E-state index in [1.54, 1.807) is 6.20 Å². The number of unbranched alkanes of at least 4 members (excludes halogenated alkanes) is 3. The minimum absolute atomic E-state index is 0.0954. The first kappa shape index (κ1) is 21.5. The van der Waals surface area contributed by atoms with Gasteiger partial charge in [-0.2, -0.15) is 0 Å². The number of esters is 1. The van der Waals surface area contributed by atoms with Crippen LogP contribution in [0.3, 0.4) is 0 Å². The minimum Gasteiger partial charge on any atom is -0.466 e. The number of ether oxygens (including phenoxy) is 1. The second-order valence-corrected chi connectivity index (χ2v) is 7.74. The van der Waals surface area contributed by atoms with Crippen LogP contribution < -0.4 is 4.90 Å². The summed E-state index contributed by atoms with van der Waals surface area (Å²) in [4.78, 5) is 27.5. The topological polar surface area (TPSA) is 68.2 Å². The molecule has 0 atom stereocenters. The van der Waals surface area contributed by atoms with Crippen molar-refractivity contribution >= 4 is 23.4 Å². The lowest BCUT2D eigenvalue weighted by Crippen LogP contribution is -2.32. The smallest absolute Gasteiger partial charge is 0.305 e. The molecule has 0 unspecified atom stereocenters. The molecule has 7 heteroatoms. The summed E-state index contributed by atoms with van der Waals surface area (Å²) in [6.45, 7) is 6.16. The molecule has 2 aromatic heterocycles. The van der Waals surface area contributed by atoms with E-state index < -0.39 is 0 Å². The molecule has 1 aliphatic rings. The molecule has 6 nitrogen and oxygen atoms in total. The van der Waals surface area contributed by atoms with Gasteiger partial charge in [0.05, 0.1) is 12.3 Å². The van der Waals surface area contributed by atoms with E-state index in [9.17, 15) is 4.79 Å². The van der Waals surface area contributed by atoms with Crippen LogP contribution in [0.15, 0.2) is 18.3 Å². The first-order valence-corrected chi connectivity index (χ1v) is 10.9. The Bertz CT molecular complexity index is 826. The lowest BCUT2D eigenvalue weighted by molar-refractivity contribution is -0.143. The normalized spacial score (nSPS) is 13.3. The minimum atomic E-state index is -0.0954. The molecule has 0 aliphatic carbocycles. The molecule has 0 N–H and O–H groups in total. The number of carbonyl (C=O) groups is 1. The summed E-state index contributed by atoms with van der Waals surface area (Å²) in [6, 6.07) is 3.95. The highest BCUT2D eigenvalue weighted by Gasteiger charge is 2.22. The molecular formula is C22H29ClN4O2. The van der Waals surface area contributed by atoms with E-state index in [-0.39, 0.29) is 5.97 Å². The third-order valence-electron chi connectivity index (χ3n) is 5.09. The first-order valence-electron chi connectivity index (χ1n) is 10.5. The third-order valence-corrected chi connectivity index (χ3v) is 5.36. The van der Waals surface area contributed by atoms with Crippen molar-refractivity contribution in [2.75, 3.05) is 24.6 Å². The number of fused-ring (bicyclic) bond motifs is 1. The molecule has 0 saturated carbocycles. The van der Waals surface area contributed by atoms with Crippen molar-refractivity contribution in [2.24, 2.45) is 0 Å². The summed E-state index contributed by atoms with van der Waals surface area (Å²) in [6.07, 6.45) is 8.36. The highest BCUT2D eigenvalue weighted by Crippen LogP contribution is 2.31. The Balaban J connectivity index is 1.57. The molecule has 0 amide bonds. The van der Waals surface area contributed by atoms with Crippen LogP contribution in [0.5, 0.6) is 0 Å². The van der Waals surface area contributed by atoms with Crippen molar-refractivity contribution in [3.8, 4) is 11.3 Å². The van der Waals surface area contributed by atoms with Gasteiger partial charge in [-0.1, -0.05) is 24.4 Å². The number of hydrogen-bond acceptors (Lipinski definition) is 6. The Morgan fingerprint density at radius 2 is 2.03 bits per heavy atom. The van der Waals surface area contributed by atoms with E-state index in [1.165, 1.54) is 0 Å². The number of nitrogens with zero attached hydrogens (tertiary/aromatic N) is 4. The molecule has 0 aromatic carbocycles. The maximum atomic E-state index is 11.4. The van der Waals surface area contributed by atoms with Gasteiger partial charge in [0.1, 0.15) is 5.69 Å². The van der Waals surface area contributed by atoms with Gasteiger partial charge in [0.25, 0.3) is 0 Å². The predicted molar refractivity (Wildman–Crippen MR) is 115 cm³/mol. The molecule has 2 aromatic rings. The molecule has 3 rings (SSSR count). The molecule has 0 saturated heterocycles. The molecule has 156 valence electrons. The van der Waals surface area contributed by atoms with Gasteiger partial charge in [-0.05, 0) is 51.7 Å². The number of aromatic nitrogens is 3. The van der Waals surface area contributed by atoms with Crippen molar-refractivity contribution in [2.45, 2.75) is 58.8 Å². The van der Waals surface area contributed by atoms with Crippen LogP contribution in [0.2, 0.25) is 5.15 Å². The van der Waals surface area contributed by atoms with Gasteiger partial charge < -0.3 is 9.64 Å². The summed E-state index contributed by atoms with van der Waals surface area (Å²) in [5.41, 5.74) is 3.58. The fraction of sp³-hybridized carbons (Fsp3) is 0.545. The standard InChI is InChI=1S/C22H29ClN4O2/c1-3-29-19(28)10-6-4-5-7-13-27-14-8-9-18-22(27)26-21(23)20(25-18)17-12-11-16(2)24-15-17/h11-12,15H,3-10,13-14H2,1-2H3. The van der Waals surface area contributed by atoms with Gasteiger partial charge >= 0.3 is 5.97 Å². The zero-order chi connectivity index (χ0) is 20.6. The molecular weight excluding hydrogens is 388 g/mol. The van der Waals surface area contributed by atoms with E-state index in [0.29, 0.717) is 23.9 Å². The van der Waals surface area contributed by atoms with Crippen molar-refractivity contribution < 1.29 is 9.53 Å². The second kappa shape index (κ2) is 10.5. The van der Waals surface area contributed by atoms with Gasteiger partial charge in [-0.15, -0.1) is 0 Å². The number of rotatable bonds is 9. The summed E-state index contributed by atoms with van der Waals surface area (Å²) in [5.74, 6) is 0.818. The Morgan fingerprint density at radius 1 is 1.21 bits per heavy atom. The number of pyridine rings is 1. The average molecular weight is 417 g/mol. The summed E-state index contributed by atoms with van der Waals surface area (Å²) in [7, 11) is 0. The number of aryl methyl sites for hydroxylation is 2. The molecule has 0 radical (unpaired) electrons. The Hall–Kier alpha value is -2.21. The van der Waals surface area contributed by atoms with Crippen LogP contribution in [0.25, 0.3) is 11.3 Å². The molecule has 29 heavy (non-hydrogen) atoms. The van der Waals surface area contributed by atoms with Gasteiger partial charge in [0.2, 0.25) is 0 Å². The largest absolute Gasteiger partial charge is 0.466 e. The van der Waals surface area contributed by atoms with Crippen LogP contribution in [0.4, 0.5) is 5.82 Å². The number of halogens is 1. The Kier molecular flexibility index (Phi) is 7.81. The van der Waals surface area contributed by atoms with Crippen LogP contribution in [0, 0.1) is 6.92 Å². The van der Waals surface area contributed by atoms with Crippen LogP contribution in [0.1, 0.15) is 56.8 Å². The van der Waals surface area contributed by atoms with Gasteiger partial charge in [0, 0.05) is 37.0 Å². The second-order valence-electron chi connectivity index (χ2n) is 7.38. The zero-order valence-corrected chi connectivity index (χ0v) is 18.0. The fourth-order valence-corrected chi connectivity index (χ4v) is 3.81. The maximum Gasteiger partial charge on any atom is 0.305 e. The third kappa shape index (κ3) is 5.89. The molecule has 0 spiro atoms. The van der Waals surface area contributed by atoms with Crippen LogP contribution in [-0.2, 0) is 16.0 Å². The lowest BCUT2D eigenvalue weighted by Gasteiger charge is -2.30. The van der Waals surface area contributed by atoms with Crippen molar-refractivity contribution in [1.29, 1.82) is 0 Å². The van der Waals surface area contributed by atoms with Crippen molar-refractivity contribution in [1.82, 2.24) is 15.0 Å². The highest BCUT2D eigenvalue weighted by molar-refractivity contribution is 6.31. The van der Waals surface area contributed by atoms with E-state index in [2.05, 4.69) is 9.88 Å². The molecule has 3 heterocycles. The molecule has 1 aliphatic heterocycles. The van der Waals surface area contributed by atoms with Crippen LogP contribution >= 0.6 is 11.6 Å². The quantitative estimate of drug-likeness (QED) is 0.433. The molecule has 0 bridgehead atoms.